The number of carbonyl (C=O) groups excluding carboxylic acids is 2. The molecule has 112 valence electrons. The number of aryl methyl sites for hydroxylation is 1. The van der Waals surface area contributed by atoms with Gasteiger partial charge in [-0.15, -0.1) is 0 Å². The van der Waals surface area contributed by atoms with Crippen LogP contribution in [0.2, 0.25) is 0 Å². The third-order valence-electron chi connectivity index (χ3n) is 3.72. The van der Waals surface area contributed by atoms with Crippen LogP contribution >= 0.6 is 0 Å². The van der Waals surface area contributed by atoms with Crippen molar-refractivity contribution < 1.29 is 9.59 Å². The van der Waals surface area contributed by atoms with Crippen molar-refractivity contribution in [1.29, 1.82) is 0 Å². The van der Waals surface area contributed by atoms with E-state index >= 15 is 0 Å². The van der Waals surface area contributed by atoms with Crippen molar-refractivity contribution in [2.45, 2.75) is 40.3 Å². The molecule has 0 aliphatic heterocycles. The summed E-state index contributed by atoms with van der Waals surface area (Å²) in [5, 5.41) is 3.98. The minimum absolute atomic E-state index is 0.00750. The minimum atomic E-state index is -0.416. The van der Waals surface area contributed by atoms with Crippen molar-refractivity contribution in [3.05, 3.63) is 36.0 Å². The van der Waals surface area contributed by atoms with Crippen LogP contribution in [-0.2, 0) is 16.1 Å². The number of benzene rings is 1. The number of carbonyl (C=O) groups is 2. The van der Waals surface area contributed by atoms with Crippen LogP contribution in [0, 0.1) is 12.8 Å². The molecule has 0 spiro atoms. The van der Waals surface area contributed by atoms with Crippen LogP contribution in [-0.4, -0.2) is 22.3 Å². The molecule has 4 nitrogen and oxygen atoms in total. The number of hydrogen-bond acceptors (Lipinski definition) is 2. The number of hydrogen-bond donors (Lipinski definition) is 1. The van der Waals surface area contributed by atoms with Crippen LogP contribution in [0.4, 0.5) is 0 Å². The molecule has 21 heavy (non-hydrogen) atoms. The summed E-state index contributed by atoms with van der Waals surface area (Å²) in [5.74, 6) is -0.0499. The van der Waals surface area contributed by atoms with E-state index in [1.54, 1.807) is 0 Å². The molecular weight excluding hydrogens is 264 g/mol. The van der Waals surface area contributed by atoms with Crippen molar-refractivity contribution in [3.8, 4) is 0 Å². The summed E-state index contributed by atoms with van der Waals surface area (Å²) in [5.41, 5.74) is 2.18. The van der Waals surface area contributed by atoms with Crippen molar-refractivity contribution >= 4 is 22.6 Å². The SMILES string of the molecule is CC(=O)C(NC(=O)Cn1cc(C)c2ccccc21)C(C)C. The lowest BCUT2D eigenvalue weighted by Crippen LogP contribution is -2.44. The number of ketones is 1. The van der Waals surface area contributed by atoms with E-state index in [4.69, 9.17) is 0 Å². The maximum atomic E-state index is 12.2. The number of rotatable bonds is 5. The predicted octanol–water partition coefficient (Wildman–Crippen LogP) is 2.68. The molecule has 1 aromatic carbocycles. The molecule has 1 heterocycles. The molecule has 2 rings (SSSR count). The molecule has 1 atom stereocenters. The number of nitrogens with zero attached hydrogens (tertiary/aromatic N) is 1. The Labute approximate surface area is 125 Å². The molecule has 0 aliphatic carbocycles. The van der Waals surface area contributed by atoms with Gasteiger partial charge < -0.3 is 9.88 Å². The Morgan fingerprint density at radius 2 is 1.90 bits per heavy atom. The van der Waals surface area contributed by atoms with Crippen LogP contribution < -0.4 is 5.32 Å². The van der Waals surface area contributed by atoms with Gasteiger partial charge in [-0.3, -0.25) is 9.59 Å². The fourth-order valence-electron chi connectivity index (χ4n) is 2.67. The van der Waals surface area contributed by atoms with E-state index in [9.17, 15) is 9.59 Å². The van der Waals surface area contributed by atoms with E-state index < -0.39 is 6.04 Å². The van der Waals surface area contributed by atoms with Gasteiger partial charge in [0.05, 0.1) is 6.04 Å². The first-order chi connectivity index (χ1) is 9.90. The Bertz CT molecular complexity index is 670. The first kappa shape index (κ1) is 15.3. The van der Waals surface area contributed by atoms with Gasteiger partial charge in [0.25, 0.3) is 0 Å². The quantitative estimate of drug-likeness (QED) is 0.918. The maximum Gasteiger partial charge on any atom is 0.240 e. The highest BCUT2D eigenvalue weighted by atomic mass is 16.2. The van der Waals surface area contributed by atoms with E-state index in [1.807, 2.05) is 55.8 Å². The van der Waals surface area contributed by atoms with Gasteiger partial charge >= 0.3 is 0 Å². The molecule has 0 bridgehead atoms. The van der Waals surface area contributed by atoms with Crippen molar-refractivity contribution in [2.24, 2.45) is 5.92 Å². The van der Waals surface area contributed by atoms with Crippen LogP contribution in [0.25, 0.3) is 10.9 Å². The van der Waals surface area contributed by atoms with Crippen molar-refractivity contribution in [2.75, 3.05) is 0 Å². The Kier molecular flexibility index (Phi) is 4.46. The Balaban J connectivity index is 2.17. The first-order valence-corrected chi connectivity index (χ1v) is 7.24. The average Bonchev–Trinajstić information content (AvgIpc) is 2.73. The molecule has 2 aromatic rings. The largest absolute Gasteiger partial charge is 0.344 e. The highest BCUT2D eigenvalue weighted by molar-refractivity contribution is 5.89. The number of amides is 1. The zero-order valence-electron chi connectivity index (χ0n) is 13.0. The summed E-state index contributed by atoms with van der Waals surface area (Å²) in [6, 6.07) is 7.58. The fourth-order valence-corrected chi connectivity index (χ4v) is 2.67. The summed E-state index contributed by atoms with van der Waals surface area (Å²) in [7, 11) is 0. The third-order valence-corrected chi connectivity index (χ3v) is 3.72. The van der Waals surface area contributed by atoms with Gasteiger partial charge in [-0.1, -0.05) is 32.0 Å². The lowest BCUT2D eigenvalue weighted by atomic mass is 10.0. The molecule has 1 aromatic heterocycles. The van der Waals surface area contributed by atoms with Gasteiger partial charge in [0.2, 0.25) is 5.91 Å². The molecule has 1 unspecified atom stereocenters. The summed E-state index contributed by atoms with van der Waals surface area (Å²) >= 11 is 0. The van der Waals surface area contributed by atoms with Gasteiger partial charge in [-0.2, -0.15) is 0 Å². The van der Waals surface area contributed by atoms with Crippen LogP contribution in [0.15, 0.2) is 30.5 Å². The van der Waals surface area contributed by atoms with Crippen molar-refractivity contribution in [3.63, 3.8) is 0 Å². The summed E-state index contributed by atoms with van der Waals surface area (Å²) in [6.45, 7) is 7.64. The minimum Gasteiger partial charge on any atom is -0.344 e. The Morgan fingerprint density at radius 1 is 1.24 bits per heavy atom. The lowest BCUT2D eigenvalue weighted by Gasteiger charge is -2.19. The second kappa shape index (κ2) is 6.12. The fraction of sp³-hybridized carbons (Fsp3) is 0.412. The molecule has 0 saturated carbocycles. The molecule has 0 saturated heterocycles. The summed E-state index contributed by atoms with van der Waals surface area (Å²) in [4.78, 5) is 23.8. The molecule has 4 heteroatoms. The molecule has 0 fully saturated rings. The van der Waals surface area contributed by atoms with Crippen LogP contribution in [0.5, 0.6) is 0 Å². The van der Waals surface area contributed by atoms with Crippen molar-refractivity contribution in [1.82, 2.24) is 9.88 Å². The number of nitrogens with one attached hydrogen (secondary N) is 1. The number of fused-ring (bicyclic) bond motifs is 1. The number of Topliss-reactive ketones (excluding diaryl/α,β-unsaturated/α-hetero) is 1. The van der Waals surface area contributed by atoms with Crippen LogP contribution in [0.3, 0.4) is 0 Å². The molecule has 0 aliphatic rings. The third kappa shape index (κ3) is 3.32. The average molecular weight is 286 g/mol. The first-order valence-electron chi connectivity index (χ1n) is 7.24. The highest BCUT2D eigenvalue weighted by Crippen LogP contribution is 2.20. The standard InChI is InChI=1S/C17H22N2O2/c1-11(2)17(13(4)20)18-16(21)10-19-9-12(3)14-7-5-6-8-15(14)19/h5-9,11,17H,10H2,1-4H3,(H,18,21). The van der Waals surface area contributed by atoms with E-state index in [1.165, 1.54) is 6.92 Å². The van der Waals surface area contributed by atoms with Gasteiger partial charge in [0.15, 0.2) is 5.78 Å². The van der Waals surface area contributed by atoms with Gasteiger partial charge in [0.1, 0.15) is 6.54 Å². The second-order valence-corrected chi connectivity index (χ2v) is 5.86. The monoisotopic (exact) mass is 286 g/mol. The lowest BCUT2D eigenvalue weighted by molar-refractivity contribution is -0.128. The van der Waals surface area contributed by atoms with Crippen LogP contribution in [0.1, 0.15) is 26.3 Å². The van der Waals surface area contributed by atoms with Gasteiger partial charge in [-0.25, -0.2) is 0 Å². The topological polar surface area (TPSA) is 51.1 Å². The summed E-state index contributed by atoms with van der Waals surface area (Å²) < 4.78 is 1.93. The maximum absolute atomic E-state index is 12.2. The van der Waals surface area contributed by atoms with Gasteiger partial charge in [0, 0.05) is 17.1 Å². The zero-order valence-corrected chi connectivity index (χ0v) is 13.0. The van der Waals surface area contributed by atoms with E-state index in [2.05, 4.69) is 5.32 Å². The number of para-hydroxylation sites is 1. The molecular formula is C17H22N2O2. The summed E-state index contributed by atoms with van der Waals surface area (Å²) in [6.07, 6.45) is 1.97. The van der Waals surface area contributed by atoms with Gasteiger partial charge in [-0.05, 0) is 31.4 Å². The predicted molar refractivity (Wildman–Crippen MR) is 84.1 cm³/mol. The Morgan fingerprint density at radius 3 is 2.52 bits per heavy atom. The van der Waals surface area contributed by atoms with E-state index in [0.717, 1.165) is 16.5 Å². The molecule has 1 N–H and O–H groups in total. The molecule has 1 amide bonds. The highest BCUT2D eigenvalue weighted by Gasteiger charge is 2.20. The second-order valence-electron chi connectivity index (χ2n) is 5.86. The Hall–Kier alpha value is -2.10. The smallest absolute Gasteiger partial charge is 0.240 e. The number of aromatic nitrogens is 1. The molecule has 0 radical (unpaired) electrons. The zero-order chi connectivity index (χ0) is 15.6. The van der Waals surface area contributed by atoms with E-state index in [-0.39, 0.29) is 24.2 Å². The normalized spacial score (nSPS) is 12.6. The van der Waals surface area contributed by atoms with E-state index in [0.29, 0.717) is 0 Å².